The van der Waals surface area contributed by atoms with E-state index in [2.05, 4.69) is 0 Å². The Kier molecular flexibility index (Phi) is 10.9. The van der Waals surface area contributed by atoms with Crippen LogP contribution in [-0.4, -0.2) is 24.5 Å². The number of hydrogen-bond donors (Lipinski definition) is 0. The lowest BCUT2D eigenvalue weighted by Crippen LogP contribution is -2.10. The number of rotatable bonds is 13. The first-order valence-electron chi connectivity index (χ1n) is 15.0. The third-order valence-electron chi connectivity index (χ3n) is 7.19. The normalized spacial score (nSPS) is 10.5. The first kappa shape index (κ1) is 31.7. The van der Waals surface area contributed by atoms with Crippen molar-refractivity contribution in [3.8, 4) is 16.9 Å². The molecule has 5 aromatic rings. The van der Waals surface area contributed by atoms with Crippen LogP contribution >= 0.6 is 0 Å². The van der Waals surface area contributed by atoms with Crippen LogP contribution in [0.4, 0.5) is 0 Å². The van der Waals surface area contributed by atoms with E-state index in [0.29, 0.717) is 29.0 Å². The molecule has 5 rings (SSSR count). The van der Waals surface area contributed by atoms with E-state index in [4.69, 9.17) is 18.9 Å². The standard InChI is InChI=1S/C39H34O7/c1-2-43-37(40)23-28-16-19-30(20-17-28)33-14-9-15-36(24-33)44-25-29-18-21-34(26-45-38(41)31-10-5-3-6-11-31)35(22-29)27-46-39(42)32-12-7-4-8-13-32/h3-22,24H,2,23,25-27H2,1H3. The Morgan fingerprint density at radius 1 is 0.522 bits per heavy atom. The summed E-state index contributed by atoms with van der Waals surface area (Å²) in [6.07, 6.45) is 0.235. The second-order valence-corrected chi connectivity index (χ2v) is 10.5. The lowest BCUT2D eigenvalue weighted by Gasteiger charge is -2.14. The van der Waals surface area contributed by atoms with Gasteiger partial charge in [-0.3, -0.25) is 4.79 Å². The fourth-order valence-electron chi connectivity index (χ4n) is 4.77. The van der Waals surface area contributed by atoms with Gasteiger partial charge >= 0.3 is 17.9 Å². The predicted molar refractivity (Wildman–Crippen MR) is 174 cm³/mol. The van der Waals surface area contributed by atoms with Crippen LogP contribution in [0.5, 0.6) is 5.75 Å². The fourth-order valence-corrected chi connectivity index (χ4v) is 4.77. The average molecular weight is 615 g/mol. The largest absolute Gasteiger partial charge is 0.489 e. The lowest BCUT2D eigenvalue weighted by atomic mass is 10.0. The van der Waals surface area contributed by atoms with Crippen molar-refractivity contribution < 1.29 is 33.3 Å². The van der Waals surface area contributed by atoms with Gasteiger partial charge in [-0.2, -0.15) is 0 Å². The highest BCUT2D eigenvalue weighted by Crippen LogP contribution is 2.26. The van der Waals surface area contributed by atoms with Crippen LogP contribution in [0.1, 0.15) is 49.9 Å². The van der Waals surface area contributed by atoms with E-state index in [0.717, 1.165) is 27.8 Å². The number of hydrogen-bond acceptors (Lipinski definition) is 7. The first-order valence-corrected chi connectivity index (χ1v) is 15.0. The minimum absolute atomic E-state index is 0.00142. The second kappa shape index (κ2) is 15.9. The van der Waals surface area contributed by atoms with Crippen molar-refractivity contribution in [3.05, 3.63) is 161 Å². The van der Waals surface area contributed by atoms with Crippen molar-refractivity contribution in [2.75, 3.05) is 6.61 Å². The van der Waals surface area contributed by atoms with Crippen LogP contribution < -0.4 is 4.74 Å². The number of carbonyl (C=O) groups excluding carboxylic acids is 3. The van der Waals surface area contributed by atoms with Gasteiger partial charge in [-0.25, -0.2) is 9.59 Å². The van der Waals surface area contributed by atoms with Gasteiger partial charge in [-0.15, -0.1) is 0 Å². The zero-order chi connectivity index (χ0) is 32.1. The van der Waals surface area contributed by atoms with Gasteiger partial charge < -0.3 is 18.9 Å². The summed E-state index contributed by atoms with van der Waals surface area (Å²) < 4.78 is 22.4. The summed E-state index contributed by atoms with van der Waals surface area (Å²) >= 11 is 0. The summed E-state index contributed by atoms with van der Waals surface area (Å²) in [4.78, 5) is 37.0. The molecule has 7 heteroatoms. The molecule has 0 aromatic heterocycles. The van der Waals surface area contributed by atoms with E-state index in [-0.39, 0.29) is 32.2 Å². The molecule has 0 amide bonds. The molecule has 0 N–H and O–H groups in total. The van der Waals surface area contributed by atoms with Crippen molar-refractivity contribution in [3.63, 3.8) is 0 Å². The van der Waals surface area contributed by atoms with Gasteiger partial charge in [0.2, 0.25) is 0 Å². The van der Waals surface area contributed by atoms with Crippen LogP contribution in [0.15, 0.2) is 127 Å². The maximum absolute atomic E-state index is 12.7. The number of benzene rings is 5. The summed E-state index contributed by atoms with van der Waals surface area (Å²) in [6, 6.07) is 38.8. The Bertz CT molecular complexity index is 1760. The molecular formula is C39H34O7. The Morgan fingerprint density at radius 3 is 1.76 bits per heavy atom. The minimum Gasteiger partial charge on any atom is -0.489 e. The van der Waals surface area contributed by atoms with Gasteiger partial charge in [-0.05, 0) is 82.8 Å². The molecule has 232 valence electrons. The van der Waals surface area contributed by atoms with Crippen molar-refractivity contribution in [2.45, 2.75) is 33.2 Å². The number of ether oxygens (including phenoxy) is 4. The monoisotopic (exact) mass is 614 g/mol. The van der Waals surface area contributed by atoms with Crippen molar-refractivity contribution in [2.24, 2.45) is 0 Å². The Morgan fingerprint density at radius 2 is 1.13 bits per heavy atom. The molecule has 0 aliphatic rings. The van der Waals surface area contributed by atoms with Crippen LogP contribution in [0.3, 0.4) is 0 Å². The van der Waals surface area contributed by atoms with E-state index >= 15 is 0 Å². The van der Waals surface area contributed by atoms with Crippen molar-refractivity contribution in [1.82, 2.24) is 0 Å². The number of esters is 3. The molecule has 0 radical (unpaired) electrons. The van der Waals surface area contributed by atoms with Gasteiger partial charge in [0.1, 0.15) is 25.6 Å². The first-order chi connectivity index (χ1) is 22.5. The van der Waals surface area contributed by atoms with Crippen LogP contribution in [0.2, 0.25) is 0 Å². The molecule has 0 fully saturated rings. The van der Waals surface area contributed by atoms with E-state index in [1.807, 2.05) is 78.9 Å². The third kappa shape index (κ3) is 8.92. The molecule has 46 heavy (non-hydrogen) atoms. The average Bonchev–Trinajstić information content (AvgIpc) is 3.10. The highest BCUT2D eigenvalue weighted by Gasteiger charge is 2.13. The fraction of sp³-hybridized carbons (Fsp3) is 0.154. The second-order valence-electron chi connectivity index (χ2n) is 10.5. The van der Waals surface area contributed by atoms with Crippen molar-refractivity contribution >= 4 is 17.9 Å². The summed E-state index contributed by atoms with van der Waals surface area (Å²) in [6.45, 7) is 2.45. The van der Waals surface area contributed by atoms with Gasteiger partial charge in [0.05, 0.1) is 24.2 Å². The summed E-state index contributed by atoms with van der Waals surface area (Å²) in [5, 5.41) is 0. The van der Waals surface area contributed by atoms with Gasteiger partial charge in [0, 0.05) is 0 Å². The topological polar surface area (TPSA) is 88.1 Å². The van der Waals surface area contributed by atoms with Gasteiger partial charge in [0.25, 0.3) is 0 Å². The maximum Gasteiger partial charge on any atom is 0.338 e. The summed E-state index contributed by atoms with van der Waals surface area (Å²) in [7, 11) is 0. The SMILES string of the molecule is CCOC(=O)Cc1ccc(-c2cccc(OCc3ccc(COC(=O)c4ccccc4)c(COC(=O)c4ccccc4)c3)c2)cc1. The molecule has 0 atom stereocenters. The highest BCUT2D eigenvalue weighted by molar-refractivity contribution is 5.89. The molecule has 0 saturated carbocycles. The van der Waals surface area contributed by atoms with Crippen LogP contribution in [-0.2, 0) is 45.2 Å². The number of carbonyl (C=O) groups is 3. The summed E-state index contributed by atoms with van der Waals surface area (Å²) in [5.74, 6) is -0.440. The van der Waals surface area contributed by atoms with E-state index in [1.165, 1.54) is 0 Å². The molecule has 0 bridgehead atoms. The molecule has 0 saturated heterocycles. The molecule has 0 spiro atoms. The molecule has 0 aliphatic carbocycles. The molecular weight excluding hydrogens is 580 g/mol. The molecule has 0 unspecified atom stereocenters. The van der Waals surface area contributed by atoms with E-state index in [1.54, 1.807) is 55.5 Å². The van der Waals surface area contributed by atoms with Crippen molar-refractivity contribution in [1.29, 1.82) is 0 Å². The maximum atomic E-state index is 12.7. The van der Waals surface area contributed by atoms with Gasteiger partial charge in [0.15, 0.2) is 0 Å². The molecule has 0 aliphatic heterocycles. The third-order valence-corrected chi connectivity index (χ3v) is 7.19. The smallest absolute Gasteiger partial charge is 0.338 e. The van der Waals surface area contributed by atoms with E-state index in [9.17, 15) is 14.4 Å². The molecule has 7 nitrogen and oxygen atoms in total. The molecule has 5 aromatic carbocycles. The quantitative estimate of drug-likeness (QED) is 0.0990. The van der Waals surface area contributed by atoms with Gasteiger partial charge in [-0.1, -0.05) is 84.9 Å². The molecule has 0 heterocycles. The Hall–Kier alpha value is -5.69. The lowest BCUT2D eigenvalue weighted by molar-refractivity contribution is -0.142. The zero-order valence-electron chi connectivity index (χ0n) is 25.5. The highest BCUT2D eigenvalue weighted by atomic mass is 16.5. The van der Waals surface area contributed by atoms with E-state index < -0.39 is 11.9 Å². The predicted octanol–water partition coefficient (Wildman–Crippen LogP) is 7.75. The minimum atomic E-state index is -0.444. The van der Waals surface area contributed by atoms with Crippen LogP contribution in [0, 0.1) is 0 Å². The Balaban J connectivity index is 1.27. The van der Waals surface area contributed by atoms with Crippen LogP contribution in [0.25, 0.3) is 11.1 Å². The Labute approximate surface area is 268 Å². The summed E-state index contributed by atoms with van der Waals surface area (Å²) in [5.41, 5.74) is 6.06. The zero-order valence-corrected chi connectivity index (χ0v) is 25.5.